The Morgan fingerprint density at radius 2 is 1.74 bits per heavy atom. The number of hydrogen-bond donors (Lipinski definition) is 4. The van der Waals surface area contributed by atoms with Crippen LogP contribution in [0.4, 0.5) is 10.1 Å². The summed E-state index contributed by atoms with van der Waals surface area (Å²) in [7, 11) is 1.91. The number of fused-ring (bicyclic) bond motifs is 1. The van der Waals surface area contributed by atoms with Gasteiger partial charge in [0.25, 0.3) is 11.8 Å². The Kier molecular flexibility index (Phi) is 10.2. The van der Waals surface area contributed by atoms with Crippen LogP contribution in [0.1, 0.15) is 38.2 Å². The zero-order valence-corrected chi connectivity index (χ0v) is 26.5. The molecular formula is C36H34FN5O3S. The molecule has 0 aliphatic heterocycles. The number of carbonyl (C=O) groups is 2. The van der Waals surface area contributed by atoms with Crippen LogP contribution in [0.2, 0.25) is 0 Å². The van der Waals surface area contributed by atoms with Gasteiger partial charge in [-0.25, -0.2) is 9.37 Å². The average Bonchev–Trinajstić information content (AvgIpc) is 3.75. The molecule has 0 aliphatic carbocycles. The van der Waals surface area contributed by atoms with Crippen molar-refractivity contribution in [3.63, 3.8) is 0 Å². The molecule has 6 rings (SSSR count). The summed E-state index contributed by atoms with van der Waals surface area (Å²) in [5, 5.41) is 9.24. The molecule has 10 heteroatoms. The van der Waals surface area contributed by atoms with Gasteiger partial charge in [-0.1, -0.05) is 42.5 Å². The van der Waals surface area contributed by atoms with Gasteiger partial charge >= 0.3 is 0 Å². The third-order valence-corrected chi connectivity index (χ3v) is 8.13. The number of carbonyl (C=O) groups excluding carboxylic acids is 2. The monoisotopic (exact) mass is 635 g/mol. The van der Waals surface area contributed by atoms with Crippen LogP contribution in [-0.2, 0) is 6.54 Å². The van der Waals surface area contributed by atoms with E-state index in [1.54, 1.807) is 29.8 Å². The van der Waals surface area contributed by atoms with Crippen LogP contribution in [-0.4, -0.2) is 35.4 Å². The summed E-state index contributed by atoms with van der Waals surface area (Å²) >= 11 is 1.29. The number of primary amides is 1. The van der Waals surface area contributed by atoms with Crippen molar-refractivity contribution >= 4 is 39.7 Å². The molecule has 8 nitrogen and oxygen atoms in total. The van der Waals surface area contributed by atoms with Gasteiger partial charge in [-0.3, -0.25) is 9.59 Å². The number of aromatic nitrogens is 2. The number of thiazole rings is 1. The van der Waals surface area contributed by atoms with Gasteiger partial charge in [0, 0.05) is 40.5 Å². The number of rotatable bonds is 9. The Hall–Kier alpha value is -5.32. The first-order chi connectivity index (χ1) is 22.3. The first kappa shape index (κ1) is 32.1. The topological polar surface area (TPSA) is 122 Å². The second kappa shape index (κ2) is 14.6. The van der Waals surface area contributed by atoms with Gasteiger partial charge in [-0.15, -0.1) is 11.3 Å². The summed E-state index contributed by atoms with van der Waals surface area (Å²) in [6.45, 7) is 5.19. The fourth-order valence-corrected chi connectivity index (χ4v) is 5.73. The summed E-state index contributed by atoms with van der Waals surface area (Å²) in [4.78, 5) is 32.4. The fraction of sp³-hybridized carbons (Fsp3) is 0.139. The highest BCUT2D eigenvalue weighted by molar-refractivity contribution is 7.11. The number of anilines is 1. The van der Waals surface area contributed by atoms with Crippen molar-refractivity contribution in [1.82, 2.24) is 15.3 Å². The number of H-pyrrole nitrogens is 1. The van der Waals surface area contributed by atoms with Gasteiger partial charge < -0.3 is 26.1 Å². The van der Waals surface area contributed by atoms with Crippen molar-refractivity contribution in [2.45, 2.75) is 20.4 Å². The van der Waals surface area contributed by atoms with Crippen LogP contribution < -0.4 is 21.1 Å². The number of ether oxygens (including phenoxy) is 1. The fourth-order valence-electron chi connectivity index (χ4n) is 5.20. The third kappa shape index (κ3) is 7.14. The molecule has 0 spiro atoms. The van der Waals surface area contributed by atoms with E-state index in [0.29, 0.717) is 40.7 Å². The molecule has 0 saturated heterocycles. The van der Waals surface area contributed by atoms with E-state index < -0.39 is 5.91 Å². The Labute approximate surface area is 270 Å². The van der Waals surface area contributed by atoms with E-state index in [-0.39, 0.29) is 11.7 Å². The van der Waals surface area contributed by atoms with Crippen LogP contribution in [0.25, 0.3) is 33.3 Å². The molecule has 0 bridgehead atoms. The molecule has 46 heavy (non-hydrogen) atoms. The first-order valence-corrected chi connectivity index (χ1v) is 15.6. The maximum absolute atomic E-state index is 12.6. The second-order valence-electron chi connectivity index (χ2n) is 10.3. The molecule has 0 fully saturated rings. The number of amides is 2. The molecule has 2 aromatic heterocycles. The van der Waals surface area contributed by atoms with E-state index in [1.807, 2.05) is 57.3 Å². The lowest BCUT2D eigenvalue weighted by atomic mass is 9.94. The lowest BCUT2D eigenvalue weighted by Crippen LogP contribution is -2.13. The van der Waals surface area contributed by atoms with Gasteiger partial charge in [0.2, 0.25) is 0 Å². The van der Waals surface area contributed by atoms with Crippen LogP contribution in [0.5, 0.6) is 5.75 Å². The predicted octanol–water partition coefficient (Wildman–Crippen LogP) is 7.56. The largest absolute Gasteiger partial charge is 0.494 e. The van der Waals surface area contributed by atoms with Crippen molar-refractivity contribution in [1.29, 1.82) is 0 Å². The Morgan fingerprint density at radius 3 is 2.43 bits per heavy atom. The molecule has 2 heterocycles. The van der Waals surface area contributed by atoms with Crippen molar-refractivity contribution in [2.24, 2.45) is 5.73 Å². The summed E-state index contributed by atoms with van der Waals surface area (Å²) in [6.07, 6.45) is 1.61. The quantitative estimate of drug-likeness (QED) is 0.131. The van der Waals surface area contributed by atoms with Crippen molar-refractivity contribution in [3.8, 4) is 28.1 Å². The predicted molar refractivity (Wildman–Crippen MR) is 183 cm³/mol. The summed E-state index contributed by atoms with van der Waals surface area (Å²) in [6, 6.07) is 25.6. The zero-order valence-electron chi connectivity index (χ0n) is 25.7. The van der Waals surface area contributed by atoms with E-state index >= 15 is 0 Å². The Bertz CT molecular complexity index is 1970. The highest BCUT2D eigenvalue weighted by Gasteiger charge is 2.19. The van der Waals surface area contributed by atoms with Crippen molar-refractivity contribution in [2.75, 3.05) is 19.0 Å². The minimum atomic E-state index is -0.496. The normalized spacial score (nSPS) is 10.7. The standard InChI is InChI=1S/C28H25N5O2S.C8H9FO/c1-16-18(8-5-9-23(16)33-27(35)28-31-12-13-36-28)20-10-11-21(26(29)34)25-22(20)14-24(32-25)19-7-4-3-6-17(19)15-30-2;1-2-10-8-5-3-7(9)4-6-8/h3-14,30,32H,15H2,1-2H3,(H2,29,34)(H,33,35);3-6H,2H2,1H3. The molecule has 0 atom stereocenters. The zero-order chi connectivity index (χ0) is 32.6. The molecule has 0 saturated carbocycles. The van der Waals surface area contributed by atoms with Crippen LogP contribution in [0, 0.1) is 12.7 Å². The summed E-state index contributed by atoms with van der Waals surface area (Å²) in [5.74, 6) is -0.262. The number of nitrogens with two attached hydrogens (primary N) is 1. The number of nitrogens with zero attached hydrogens (tertiary/aromatic N) is 1. The lowest BCUT2D eigenvalue weighted by Gasteiger charge is -2.14. The maximum Gasteiger partial charge on any atom is 0.284 e. The van der Waals surface area contributed by atoms with Gasteiger partial charge in [0.1, 0.15) is 11.6 Å². The van der Waals surface area contributed by atoms with Crippen LogP contribution >= 0.6 is 11.3 Å². The molecule has 2 amide bonds. The number of benzene rings is 4. The van der Waals surface area contributed by atoms with E-state index in [1.165, 1.54) is 23.5 Å². The molecular weight excluding hydrogens is 601 g/mol. The lowest BCUT2D eigenvalue weighted by molar-refractivity contribution is 0.0998. The summed E-state index contributed by atoms with van der Waals surface area (Å²) in [5.41, 5.74) is 13.4. The van der Waals surface area contributed by atoms with Crippen LogP contribution in [0.3, 0.4) is 0 Å². The van der Waals surface area contributed by atoms with Gasteiger partial charge in [0.15, 0.2) is 5.01 Å². The van der Waals surface area contributed by atoms with Gasteiger partial charge in [0.05, 0.1) is 17.7 Å². The molecule has 4 aromatic carbocycles. The summed E-state index contributed by atoms with van der Waals surface area (Å²) < 4.78 is 17.4. The number of nitrogens with one attached hydrogen (secondary N) is 3. The molecule has 5 N–H and O–H groups in total. The molecule has 6 aromatic rings. The molecule has 234 valence electrons. The number of aromatic amines is 1. The number of halogens is 1. The van der Waals surface area contributed by atoms with E-state index in [0.717, 1.165) is 38.9 Å². The maximum atomic E-state index is 12.6. The van der Waals surface area contributed by atoms with E-state index in [2.05, 4.69) is 38.8 Å². The van der Waals surface area contributed by atoms with Gasteiger partial charge in [-0.05, 0) is 85.6 Å². The smallest absolute Gasteiger partial charge is 0.284 e. The molecule has 0 unspecified atom stereocenters. The Balaban J connectivity index is 0.000000356. The van der Waals surface area contributed by atoms with E-state index in [4.69, 9.17) is 10.5 Å². The van der Waals surface area contributed by atoms with Crippen molar-refractivity contribution in [3.05, 3.63) is 124 Å². The Morgan fingerprint density at radius 1 is 0.978 bits per heavy atom. The highest BCUT2D eigenvalue weighted by Crippen LogP contribution is 2.38. The highest BCUT2D eigenvalue weighted by atomic mass is 32.1. The van der Waals surface area contributed by atoms with Gasteiger partial charge in [-0.2, -0.15) is 0 Å². The molecule has 0 radical (unpaired) electrons. The van der Waals surface area contributed by atoms with E-state index in [9.17, 15) is 14.0 Å². The average molecular weight is 636 g/mol. The van der Waals surface area contributed by atoms with Crippen LogP contribution in [0.15, 0.2) is 96.5 Å². The minimum absolute atomic E-state index is 0.233. The third-order valence-electron chi connectivity index (χ3n) is 7.36. The number of hydrogen-bond acceptors (Lipinski definition) is 6. The second-order valence-corrected chi connectivity index (χ2v) is 11.2. The molecule has 0 aliphatic rings. The minimum Gasteiger partial charge on any atom is -0.494 e. The van der Waals surface area contributed by atoms with Crippen molar-refractivity contribution < 1.29 is 18.7 Å². The SMILES string of the molecule is CCOc1ccc(F)cc1.CNCc1ccccc1-c1cc2c(-c3cccc(NC(=O)c4nccs4)c3C)ccc(C(N)=O)c2[nH]1. The first-order valence-electron chi connectivity index (χ1n) is 14.7.